The number of fused-ring (bicyclic) bond motifs is 1. The number of nitro groups is 1. The predicted molar refractivity (Wildman–Crippen MR) is 118 cm³/mol. The number of benzene rings is 3. The zero-order valence-electron chi connectivity index (χ0n) is 15.3. The lowest BCUT2D eigenvalue weighted by atomic mass is 10.0. The monoisotopic (exact) mass is 437 g/mol. The highest BCUT2D eigenvalue weighted by Crippen LogP contribution is 2.31. The highest BCUT2D eigenvalue weighted by Gasteiger charge is 2.18. The van der Waals surface area contributed by atoms with E-state index >= 15 is 0 Å². The van der Waals surface area contributed by atoms with Crippen molar-refractivity contribution in [3.8, 4) is 11.3 Å². The van der Waals surface area contributed by atoms with Gasteiger partial charge < -0.3 is 5.32 Å². The number of rotatable bonds is 4. The van der Waals surface area contributed by atoms with E-state index in [2.05, 4.69) is 10.3 Å². The van der Waals surface area contributed by atoms with Crippen molar-refractivity contribution in [1.29, 1.82) is 0 Å². The summed E-state index contributed by atoms with van der Waals surface area (Å²) in [7, 11) is 0. The summed E-state index contributed by atoms with van der Waals surface area (Å²) in [6.07, 6.45) is 0. The number of nitrogens with one attached hydrogen (secondary N) is 1. The first-order valence-electron chi connectivity index (χ1n) is 8.84. The number of hydrogen-bond acceptors (Lipinski definition) is 4. The first kappa shape index (κ1) is 19.8. The number of nitrogens with zero attached hydrogens (tertiary/aromatic N) is 2. The minimum absolute atomic E-state index is 0.00614. The molecule has 4 rings (SSSR count). The third kappa shape index (κ3) is 3.83. The van der Waals surface area contributed by atoms with E-state index in [1.807, 2.05) is 30.3 Å². The molecule has 0 fully saturated rings. The molecule has 148 valence electrons. The Labute approximate surface area is 181 Å². The Morgan fingerprint density at radius 2 is 1.67 bits per heavy atom. The molecule has 6 nitrogen and oxygen atoms in total. The molecule has 3 aromatic carbocycles. The second-order valence-corrected chi connectivity index (χ2v) is 7.24. The van der Waals surface area contributed by atoms with Crippen LogP contribution in [-0.2, 0) is 0 Å². The van der Waals surface area contributed by atoms with Gasteiger partial charge in [-0.25, -0.2) is 4.98 Å². The van der Waals surface area contributed by atoms with Gasteiger partial charge in [0.25, 0.3) is 11.6 Å². The molecule has 1 amide bonds. The molecule has 4 aromatic rings. The fourth-order valence-electron chi connectivity index (χ4n) is 3.10. The number of pyridine rings is 1. The molecule has 0 aliphatic heterocycles. The van der Waals surface area contributed by atoms with Crippen molar-refractivity contribution in [3.63, 3.8) is 0 Å². The summed E-state index contributed by atoms with van der Waals surface area (Å²) in [6, 6.07) is 20.2. The third-order valence-electron chi connectivity index (χ3n) is 4.51. The van der Waals surface area contributed by atoms with E-state index in [4.69, 9.17) is 23.2 Å². The first-order valence-corrected chi connectivity index (χ1v) is 9.59. The SMILES string of the molecule is O=C(Nc1ccc(Cl)c([N+](=O)[O-])c1)c1cc(-c2ccccc2Cl)nc2ccccc12. The number of aromatic nitrogens is 1. The molecule has 0 aliphatic rings. The van der Waals surface area contributed by atoms with Crippen LogP contribution in [0.4, 0.5) is 11.4 Å². The van der Waals surface area contributed by atoms with Crippen LogP contribution in [0.3, 0.4) is 0 Å². The predicted octanol–water partition coefficient (Wildman–Crippen LogP) is 6.37. The standard InChI is InChI=1S/C22H13Cl2N3O3/c23-17-7-3-1-6-15(17)20-12-16(14-5-2-4-8-19(14)26-20)22(28)25-13-9-10-18(24)21(11-13)27(29)30/h1-12H,(H,25,28). The van der Waals surface area contributed by atoms with Crippen LogP contribution in [0.5, 0.6) is 0 Å². The maximum absolute atomic E-state index is 13.1. The number of anilines is 1. The molecule has 0 aliphatic carbocycles. The smallest absolute Gasteiger partial charge is 0.289 e. The lowest BCUT2D eigenvalue weighted by molar-refractivity contribution is -0.384. The van der Waals surface area contributed by atoms with Gasteiger partial charge in [-0.1, -0.05) is 59.6 Å². The molecular weight excluding hydrogens is 425 g/mol. The number of halogens is 2. The summed E-state index contributed by atoms with van der Waals surface area (Å²) < 4.78 is 0. The largest absolute Gasteiger partial charge is 0.322 e. The van der Waals surface area contributed by atoms with E-state index in [1.165, 1.54) is 18.2 Å². The van der Waals surface area contributed by atoms with E-state index in [1.54, 1.807) is 24.3 Å². The molecular formula is C22H13Cl2N3O3. The zero-order valence-corrected chi connectivity index (χ0v) is 16.8. The summed E-state index contributed by atoms with van der Waals surface area (Å²) >= 11 is 12.2. The zero-order chi connectivity index (χ0) is 21.3. The van der Waals surface area contributed by atoms with E-state index in [-0.39, 0.29) is 16.4 Å². The normalized spacial score (nSPS) is 10.7. The van der Waals surface area contributed by atoms with Crippen LogP contribution in [0.25, 0.3) is 22.2 Å². The van der Waals surface area contributed by atoms with Crippen molar-refractivity contribution in [3.05, 3.63) is 98.5 Å². The van der Waals surface area contributed by atoms with Gasteiger partial charge in [0.15, 0.2) is 0 Å². The molecule has 8 heteroatoms. The molecule has 0 unspecified atom stereocenters. The number of carbonyl (C=O) groups is 1. The minimum Gasteiger partial charge on any atom is -0.322 e. The second-order valence-electron chi connectivity index (χ2n) is 6.43. The Morgan fingerprint density at radius 1 is 0.933 bits per heavy atom. The number of hydrogen-bond donors (Lipinski definition) is 1. The van der Waals surface area contributed by atoms with Crippen molar-refractivity contribution in [1.82, 2.24) is 4.98 Å². The van der Waals surface area contributed by atoms with Gasteiger partial charge in [-0.2, -0.15) is 0 Å². The van der Waals surface area contributed by atoms with Gasteiger partial charge in [0.1, 0.15) is 5.02 Å². The Balaban J connectivity index is 1.80. The third-order valence-corrected chi connectivity index (χ3v) is 5.16. The Morgan fingerprint density at radius 3 is 2.43 bits per heavy atom. The average molecular weight is 438 g/mol. The number of nitro benzene ring substituents is 1. The van der Waals surface area contributed by atoms with Crippen molar-refractivity contribution in [2.75, 3.05) is 5.32 Å². The van der Waals surface area contributed by atoms with Gasteiger partial charge in [-0.3, -0.25) is 14.9 Å². The molecule has 1 aromatic heterocycles. The van der Waals surface area contributed by atoms with E-state index in [0.29, 0.717) is 32.7 Å². The van der Waals surface area contributed by atoms with Crippen LogP contribution < -0.4 is 5.32 Å². The Kier molecular flexibility index (Phi) is 5.35. The van der Waals surface area contributed by atoms with Gasteiger partial charge in [0.2, 0.25) is 0 Å². The lowest BCUT2D eigenvalue weighted by Crippen LogP contribution is -2.13. The van der Waals surface area contributed by atoms with Gasteiger partial charge in [0, 0.05) is 27.7 Å². The molecule has 0 bridgehead atoms. The van der Waals surface area contributed by atoms with Gasteiger partial charge in [0.05, 0.1) is 21.7 Å². The van der Waals surface area contributed by atoms with Crippen LogP contribution in [0.15, 0.2) is 72.8 Å². The van der Waals surface area contributed by atoms with Crippen LogP contribution in [0.1, 0.15) is 10.4 Å². The molecule has 30 heavy (non-hydrogen) atoms. The van der Waals surface area contributed by atoms with Gasteiger partial charge in [-0.15, -0.1) is 0 Å². The maximum Gasteiger partial charge on any atom is 0.289 e. The average Bonchev–Trinajstić information content (AvgIpc) is 2.74. The lowest BCUT2D eigenvalue weighted by Gasteiger charge is -2.11. The van der Waals surface area contributed by atoms with Gasteiger partial charge in [-0.05, 0) is 30.3 Å². The summed E-state index contributed by atoms with van der Waals surface area (Å²) in [5.74, 6) is -0.432. The van der Waals surface area contributed by atoms with Crippen LogP contribution in [0.2, 0.25) is 10.0 Å². The molecule has 0 saturated heterocycles. The Hall–Kier alpha value is -3.48. The van der Waals surface area contributed by atoms with Gasteiger partial charge >= 0.3 is 0 Å². The molecule has 0 saturated carbocycles. The molecule has 1 heterocycles. The van der Waals surface area contributed by atoms with Crippen molar-refractivity contribution in [2.45, 2.75) is 0 Å². The molecule has 0 atom stereocenters. The summed E-state index contributed by atoms with van der Waals surface area (Å²) in [5.41, 5.74) is 2.21. The topological polar surface area (TPSA) is 85.1 Å². The van der Waals surface area contributed by atoms with Crippen LogP contribution in [-0.4, -0.2) is 15.8 Å². The number of carbonyl (C=O) groups excluding carboxylic acids is 1. The van der Waals surface area contributed by atoms with Crippen molar-refractivity contribution in [2.24, 2.45) is 0 Å². The highest BCUT2D eigenvalue weighted by molar-refractivity contribution is 6.33. The molecule has 1 N–H and O–H groups in total. The fourth-order valence-corrected chi connectivity index (χ4v) is 3.52. The molecule has 0 spiro atoms. The number of para-hydroxylation sites is 1. The van der Waals surface area contributed by atoms with E-state index in [9.17, 15) is 14.9 Å². The maximum atomic E-state index is 13.1. The summed E-state index contributed by atoms with van der Waals surface area (Å²) in [5, 5.41) is 15.0. The van der Waals surface area contributed by atoms with Crippen LogP contribution >= 0.6 is 23.2 Å². The summed E-state index contributed by atoms with van der Waals surface area (Å²) in [4.78, 5) is 28.2. The van der Waals surface area contributed by atoms with Crippen molar-refractivity contribution >= 4 is 51.4 Å². The summed E-state index contributed by atoms with van der Waals surface area (Å²) in [6.45, 7) is 0. The Bertz CT molecular complexity index is 1310. The first-order chi connectivity index (χ1) is 14.4. The molecule has 0 radical (unpaired) electrons. The minimum atomic E-state index is -0.602. The quantitative estimate of drug-likeness (QED) is 0.296. The highest BCUT2D eigenvalue weighted by atomic mass is 35.5. The fraction of sp³-hybridized carbons (Fsp3) is 0. The second kappa shape index (κ2) is 8.10. The van der Waals surface area contributed by atoms with E-state index < -0.39 is 10.8 Å². The van der Waals surface area contributed by atoms with Crippen molar-refractivity contribution < 1.29 is 9.72 Å². The van der Waals surface area contributed by atoms with Crippen LogP contribution in [0, 0.1) is 10.1 Å². The van der Waals surface area contributed by atoms with E-state index in [0.717, 1.165) is 0 Å². The number of amides is 1.